The molecule has 0 radical (unpaired) electrons. The third kappa shape index (κ3) is 12.3. The third-order valence-electron chi connectivity index (χ3n) is 3.23. The molecule has 0 spiro atoms. The molecule has 0 aromatic rings. The number of carbonyl (C=O) groups is 4. The summed E-state index contributed by atoms with van der Waals surface area (Å²) in [7, 11) is 1.22. The van der Waals surface area contributed by atoms with Crippen LogP contribution in [0.4, 0.5) is 9.59 Å². The van der Waals surface area contributed by atoms with Crippen molar-refractivity contribution in [3.63, 3.8) is 0 Å². The number of carbonyl (C=O) groups excluding carboxylic acids is 4. The summed E-state index contributed by atoms with van der Waals surface area (Å²) in [5.41, 5.74) is -1.00. The van der Waals surface area contributed by atoms with Crippen molar-refractivity contribution < 1.29 is 38.1 Å². The van der Waals surface area contributed by atoms with Gasteiger partial charge in [-0.1, -0.05) is 12.2 Å². The zero-order valence-electron chi connectivity index (χ0n) is 16.3. The Bertz CT molecular complexity index is 534. The fraction of sp³-hybridized carbons (Fsp3) is 0.556. The molecule has 2 amide bonds. The number of amides is 2. The Hall–Kier alpha value is -3.04. The lowest BCUT2D eigenvalue weighted by atomic mass is 9.94. The molecule has 10 nitrogen and oxygen atoms in total. The first-order chi connectivity index (χ1) is 13.3. The van der Waals surface area contributed by atoms with Crippen LogP contribution in [0.15, 0.2) is 25.3 Å². The number of nitrogens with one attached hydrogen (secondary N) is 2. The molecule has 0 aliphatic carbocycles. The summed E-state index contributed by atoms with van der Waals surface area (Å²) >= 11 is 0. The Morgan fingerprint density at radius 2 is 1.25 bits per heavy atom. The van der Waals surface area contributed by atoms with Crippen molar-refractivity contribution in [1.29, 1.82) is 0 Å². The Balaban J connectivity index is 4.71. The van der Waals surface area contributed by atoms with Gasteiger partial charge < -0.3 is 29.6 Å². The molecule has 0 aliphatic rings. The van der Waals surface area contributed by atoms with Crippen molar-refractivity contribution in [3.05, 3.63) is 25.3 Å². The predicted molar refractivity (Wildman–Crippen MR) is 99.4 cm³/mol. The number of hydrogen-bond acceptors (Lipinski definition) is 8. The van der Waals surface area contributed by atoms with Crippen LogP contribution in [0.5, 0.6) is 0 Å². The van der Waals surface area contributed by atoms with Gasteiger partial charge in [0.05, 0.1) is 25.4 Å². The highest BCUT2D eigenvalue weighted by atomic mass is 16.6. The van der Waals surface area contributed by atoms with Crippen LogP contribution in [-0.4, -0.2) is 64.1 Å². The van der Waals surface area contributed by atoms with Gasteiger partial charge in [-0.25, -0.2) is 9.59 Å². The predicted octanol–water partition coefficient (Wildman–Crippen LogP) is 1.31. The molecule has 0 heterocycles. The zero-order valence-corrected chi connectivity index (χ0v) is 16.3. The van der Waals surface area contributed by atoms with Crippen molar-refractivity contribution in [2.45, 2.75) is 19.8 Å². The summed E-state index contributed by atoms with van der Waals surface area (Å²) in [5.74, 6) is -1.17. The van der Waals surface area contributed by atoms with Gasteiger partial charge in [0.15, 0.2) is 0 Å². The molecule has 0 unspecified atom stereocenters. The molecule has 0 aromatic heterocycles. The molecule has 158 valence electrons. The van der Waals surface area contributed by atoms with Crippen LogP contribution in [0, 0.1) is 5.41 Å². The minimum Gasteiger partial charge on any atom is -0.469 e. The van der Waals surface area contributed by atoms with E-state index in [0.717, 1.165) is 0 Å². The smallest absolute Gasteiger partial charge is 0.407 e. The molecule has 0 aliphatic heterocycles. The van der Waals surface area contributed by atoms with E-state index < -0.39 is 29.5 Å². The van der Waals surface area contributed by atoms with E-state index in [4.69, 9.17) is 14.2 Å². The van der Waals surface area contributed by atoms with Crippen LogP contribution in [0.25, 0.3) is 0 Å². The van der Waals surface area contributed by atoms with Crippen LogP contribution in [0.2, 0.25) is 0 Å². The summed E-state index contributed by atoms with van der Waals surface area (Å²) in [6.07, 6.45) is 1.29. The monoisotopic (exact) mass is 400 g/mol. The van der Waals surface area contributed by atoms with Crippen LogP contribution in [0.1, 0.15) is 19.8 Å². The van der Waals surface area contributed by atoms with Gasteiger partial charge in [-0.2, -0.15) is 0 Å². The molecular formula is C18H28N2O8. The molecule has 0 fully saturated rings. The summed E-state index contributed by atoms with van der Waals surface area (Å²) in [5, 5.41) is 4.86. The highest BCUT2D eigenvalue weighted by Gasteiger charge is 2.31. The van der Waals surface area contributed by atoms with Crippen LogP contribution >= 0.6 is 0 Å². The number of esters is 2. The van der Waals surface area contributed by atoms with Gasteiger partial charge in [0.1, 0.15) is 19.8 Å². The number of ether oxygens (including phenoxy) is 4. The Morgan fingerprint density at radius 1 is 0.821 bits per heavy atom. The fourth-order valence-electron chi connectivity index (χ4n) is 1.65. The van der Waals surface area contributed by atoms with Gasteiger partial charge in [0.25, 0.3) is 0 Å². The Kier molecular flexibility index (Phi) is 12.5. The number of alkyl carbamates (subject to hydrolysis) is 2. The Labute approximate surface area is 164 Å². The van der Waals surface area contributed by atoms with E-state index in [-0.39, 0.29) is 45.8 Å². The van der Waals surface area contributed by atoms with Gasteiger partial charge in [-0.05, 0) is 6.92 Å². The summed E-state index contributed by atoms with van der Waals surface area (Å²) in [6.45, 7) is 8.42. The van der Waals surface area contributed by atoms with E-state index in [0.29, 0.717) is 0 Å². The minimum absolute atomic E-state index is 0.118. The molecule has 0 bridgehead atoms. The van der Waals surface area contributed by atoms with E-state index in [1.165, 1.54) is 19.3 Å². The van der Waals surface area contributed by atoms with Crippen molar-refractivity contribution in [1.82, 2.24) is 10.6 Å². The second kappa shape index (κ2) is 14.1. The van der Waals surface area contributed by atoms with Crippen LogP contribution in [0.3, 0.4) is 0 Å². The fourth-order valence-corrected chi connectivity index (χ4v) is 1.65. The number of hydrogen-bond donors (Lipinski definition) is 2. The summed E-state index contributed by atoms with van der Waals surface area (Å²) < 4.78 is 19.7. The maximum absolute atomic E-state index is 11.8. The molecular weight excluding hydrogens is 372 g/mol. The number of rotatable bonds is 13. The molecule has 10 heteroatoms. The average molecular weight is 400 g/mol. The van der Waals surface area contributed by atoms with Crippen molar-refractivity contribution >= 4 is 24.1 Å². The van der Waals surface area contributed by atoms with Gasteiger partial charge in [-0.3, -0.25) is 9.59 Å². The Morgan fingerprint density at radius 3 is 1.68 bits per heavy atom. The summed E-state index contributed by atoms with van der Waals surface area (Å²) in [6, 6.07) is 0. The SMILES string of the molecule is C=CCNC(=O)OCC(C)(COC(=O)CCC(=O)OC)COC(=O)NCC=C. The molecule has 0 saturated heterocycles. The minimum atomic E-state index is -1.00. The maximum atomic E-state index is 11.8. The normalized spacial score (nSPS) is 10.2. The van der Waals surface area contributed by atoms with Gasteiger partial charge in [-0.15, -0.1) is 13.2 Å². The lowest BCUT2D eigenvalue weighted by molar-refractivity contribution is -0.152. The van der Waals surface area contributed by atoms with E-state index in [1.54, 1.807) is 6.92 Å². The lowest BCUT2D eigenvalue weighted by Gasteiger charge is -2.28. The van der Waals surface area contributed by atoms with Gasteiger partial charge in [0, 0.05) is 13.1 Å². The van der Waals surface area contributed by atoms with Gasteiger partial charge in [0.2, 0.25) is 0 Å². The first-order valence-corrected chi connectivity index (χ1v) is 8.52. The van der Waals surface area contributed by atoms with E-state index in [9.17, 15) is 19.2 Å². The number of methoxy groups -OCH3 is 1. The quantitative estimate of drug-likeness (QED) is 0.269. The highest BCUT2D eigenvalue weighted by Crippen LogP contribution is 2.19. The topological polar surface area (TPSA) is 129 Å². The second-order valence-electron chi connectivity index (χ2n) is 6.04. The van der Waals surface area contributed by atoms with Gasteiger partial charge >= 0.3 is 24.1 Å². The third-order valence-corrected chi connectivity index (χ3v) is 3.23. The molecule has 0 atom stereocenters. The van der Waals surface area contributed by atoms with E-state index >= 15 is 0 Å². The molecule has 2 N–H and O–H groups in total. The average Bonchev–Trinajstić information content (AvgIpc) is 2.70. The first-order valence-electron chi connectivity index (χ1n) is 8.52. The standard InChI is InChI=1S/C18H28N2O8/c1-5-9-19-16(23)27-12-18(3,13-28-17(24)20-10-6-2)11-26-15(22)8-7-14(21)25-4/h5-6H,1-2,7-13H2,3-4H3,(H,19,23)(H,20,24). The lowest BCUT2D eigenvalue weighted by Crippen LogP contribution is -2.39. The largest absolute Gasteiger partial charge is 0.469 e. The highest BCUT2D eigenvalue weighted by molar-refractivity contribution is 5.77. The summed E-state index contributed by atoms with van der Waals surface area (Å²) in [4.78, 5) is 46.1. The molecule has 0 saturated carbocycles. The molecule has 0 aromatic carbocycles. The first kappa shape index (κ1) is 25.0. The molecule has 0 rings (SSSR count). The molecule has 28 heavy (non-hydrogen) atoms. The van der Waals surface area contributed by atoms with Crippen molar-refractivity contribution in [2.24, 2.45) is 5.41 Å². The van der Waals surface area contributed by atoms with E-state index in [1.807, 2.05) is 0 Å². The van der Waals surface area contributed by atoms with Crippen molar-refractivity contribution in [2.75, 3.05) is 40.0 Å². The van der Waals surface area contributed by atoms with Crippen molar-refractivity contribution in [3.8, 4) is 0 Å². The van der Waals surface area contributed by atoms with Crippen LogP contribution < -0.4 is 10.6 Å². The van der Waals surface area contributed by atoms with E-state index in [2.05, 4.69) is 28.5 Å². The van der Waals surface area contributed by atoms with Crippen LogP contribution in [-0.2, 0) is 28.5 Å². The zero-order chi connectivity index (χ0) is 21.4. The second-order valence-corrected chi connectivity index (χ2v) is 6.04. The maximum Gasteiger partial charge on any atom is 0.407 e.